The Kier molecular flexibility index (Phi) is 7.53. The first-order valence-electron chi connectivity index (χ1n) is 11.1. The number of piperazine rings is 1. The lowest BCUT2D eigenvalue weighted by molar-refractivity contribution is 0.138. The molecule has 1 aliphatic heterocycles. The summed E-state index contributed by atoms with van der Waals surface area (Å²) in [5.74, 6) is 0.892. The second kappa shape index (κ2) is 10.9. The number of hydrogen-bond donors (Lipinski definition) is 1. The molecule has 2 aromatic heterocycles. The highest BCUT2D eigenvalue weighted by atomic mass is 35.5. The third-order valence-corrected chi connectivity index (χ3v) is 6.23. The molecule has 0 bridgehead atoms. The maximum atomic E-state index is 9.06. The molecule has 2 aromatic carbocycles. The van der Waals surface area contributed by atoms with E-state index in [-0.39, 0.29) is 24.5 Å². The van der Waals surface area contributed by atoms with Crippen LogP contribution in [-0.2, 0) is 6.42 Å². The second-order valence-corrected chi connectivity index (χ2v) is 8.18. The van der Waals surface area contributed by atoms with Gasteiger partial charge >= 0.3 is 0 Å². The Labute approximate surface area is 205 Å². The summed E-state index contributed by atoms with van der Waals surface area (Å²) >= 11 is 0. The van der Waals surface area contributed by atoms with E-state index in [1.54, 1.807) is 12.4 Å². The predicted molar refractivity (Wildman–Crippen MR) is 134 cm³/mol. The van der Waals surface area contributed by atoms with Crippen molar-refractivity contribution in [1.82, 2.24) is 25.1 Å². The van der Waals surface area contributed by atoms with Gasteiger partial charge < -0.3 is 4.90 Å². The van der Waals surface area contributed by atoms with Gasteiger partial charge in [-0.3, -0.25) is 15.0 Å². The summed E-state index contributed by atoms with van der Waals surface area (Å²) in [7, 11) is 0. The minimum atomic E-state index is 0. The average molecular weight is 472 g/mol. The molecule has 0 spiro atoms. The van der Waals surface area contributed by atoms with E-state index in [4.69, 9.17) is 5.26 Å². The fourth-order valence-electron chi connectivity index (χ4n) is 4.64. The van der Waals surface area contributed by atoms with Crippen molar-refractivity contribution in [1.29, 1.82) is 5.26 Å². The van der Waals surface area contributed by atoms with Crippen LogP contribution in [0.5, 0.6) is 0 Å². The Morgan fingerprint density at radius 2 is 1.82 bits per heavy atom. The average Bonchev–Trinajstić information content (AvgIpc) is 3.41. The van der Waals surface area contributed by atoms with E-state index < -0.39 is 0 Å². The molecular weight excluding hydrogens is 446 g/mol. The first-order chi connectivity index (χ1) is 16.3. The molecule has 2 unspecified atom stereocenters. The summed E-state index contributed by atoms with van der Waals surface area (Å²) in [5.41, 5.74) is 4.62. The molecule has 0 radical (unpaired) electrons. The minimum Gasteiger partial charge on any atom is -0.352 e. The first-order valence-corrected chi connectivity index (χ1v) is 11.1. The molecule has 0 amide bonds. The normalized spacial score (nSPS) is 16.9. The lowest BCUT2D eigenvalue weighted by Gasteiger charge is -2.45. The third kappa shape index (κ3) is 4.93. The lowest BCUT2D eigenvalue weighted by Crippen LogP contribution is -2.50. The molecule has 1 aliphatic rings. The van der Waals surface area contributed by atoms with Crippen molar-refractivity contribution in [2.24, 2.45) is 0 Å². The number of hydrogen-bond acceptors (Lipinski definition) is 6. The molecule has 4 aromatic rings. The summed E-state index contributed by atoms with van der Waals surface area (Å²) in [6.45, 7) is 2.49. The van der Waals surface area contributed by atoms with Crippen molar-refractivity contribution in [3.05, 3.63) is 108 Å². The van der Waals surface area contributed by atoms with Crippen molar-refractivity contribution < 1.29 is 0 Å². The van der Waals surface area contributed by atoms with Gasteiger partial charge in [-0.2, -0.15) is 10.4 Å². The molecule has 0 aliphatic carbocycles. The maximum absolute atomic E-state index is 9.06. The number of nitrogens with zero attached hydrogens (tertiary/aromatic N) is 6. The fourth-order valence-corrected chi connectivity index (χ4v) is 4.64. The molecule has 7 nitrogen and oxygen atoms in total. The molecular formula is C26H26ClN7. The Morgan fingerprint density at radius 1 is 1.00 bits per heavy atom. The van der Waals surface area contributed by atoms with Crippen molar-refractivity contribution in [2.45, 2.75) is 18.5 Å². The molecule has 1 N–H and O–H groups in total. The van der Waals surface area contributed by atoms with Gasteiger partial charge in [0.1, 0.15) is 5.82 Å². The number of benzene rings is 2. The Morgan fingerprint density at radius 3 is 2.50 bits per heavy atom. The Hall–Kier alpha value is -3.73. The second-order valence-electron chi connectivity index (χ2n) is 8.18. The molecule has 1 saturated heterocycles. The number of nitrogens with one attached hydrogen (secondary N) is 1. The van der Waals surface area contributed by atoms with Crippen LogP contribution in [0.25, 0.3) is 0 Å². The van der Waals surface area contributed by atoms with Crippen molar-refractivity contribution in [2.75, 3.05) is 24.5 Å². The van der Waals surface area contributed by atoms with Crippen LogP contribution in [0, 0.1) is 11.3 Å². The topological polar surface area (TPSA) is 84.7 Å². The van der Waals surface area contributed by atoms with Crippen molar-refractivity contribution in [3.63, 3.8) is 0 Å². The van der Waals surface area contributed by atoms with E-state index in [0.717, 1.165) is 36.6 Å². The maximum Gasteiger partial charge on any atom is 0.147 e. The predicted octanol–water partition coefficient (Wildman–Crippen LogP) is 4.34. The summed E-state index contributed by atoms with van der Waals surface area (Å²) in [4.78, 5) is 13.7. The quantitative estimate of drug-likeness (QED) is 0.450. The fraction of sp³-hybridized carbons (Fsp3) is 0.231. The number of rotatable bonds is 6. The monoisotopic (exact) mass is 471 g/mol. The zero-order valence-electron chi connectivity index (χ0n) is 18.7. The van der Waals surface area contributed by atoms with E-state index >= 15 is 0 Å². The van der Waals surface area contributed by atoms with Crippen LogP contribution >= 0.6 is 12.4 Å². The largest absolute Gasteiger partial charge is 0.352 e. The van der Waals surface area contributed by atoms with Gasteiger partial charge in [-0.1, -0.05) is 54.6 Å². The van der Waals surface area contributed by atoms with Gasteiger partial charge in [-0.15, -0.1) is 12.4 Å². The van der Waals surface area contributed by atoms with Crippen LogP contribution in [0.1, 0.15) is 34.3 Å². The van der Waals surface area contributed by atoms with Crippen molar-refractivity contribution >= 4 is 18.2 Å². The van der Waals surface area contributed by atoms with Gasteiger partial charge in [0.25, 0.3) is 0 Å². The highest BCUT2D eigenvalue weighted by Crippen LogP contribution is 2.38. The number of anilines is 1. The van der Waals surface area contributed by atoms with Crippen LogP contribution < -0.4 is 4.90 Å². The molecule has 1 fully saturated rings. The van der Waals surface area contributed by atoms with Crippen molar-refractivity contribution in [3.8, 4) is 6.07 Å². The smallest absolute Gasteiger partial charge is 0.147 e. The Bertz CT molecular complexity index is 1190. The standard InChI is InChI=1S/C26H25N7.ClH/c27-11-10-20-6-8-21(9-7-20)24-19-32(25-18-28-12-13-29-25)14-15-33(24)26(23-16-30-31-17-23)22-4-2-1-3-5-22;/h1-9,12-13,16-18,24,26H,10,14-15,19H2,(H,30,31);1H. The number of aromatic nitrogens is 4. The number of nitriles is 1. The van der Waals surface area contributed by atoms with E-state index in [0.29, 0.717) is 6.42 Å². The van der Waals surface area contributed by atoms with E-state index in [2.05, 4.69) is 84.6 Å². The summed E-state index contributed by atoms with van der Waals surface area (Å²) in [6.07, 6.45) is 9.59. The Balaban J connectivity index is 0.00000274. The van der Waals surface area contributed by atoms with Gasteiger partial charge in [-0.05, 0) is 16.7 Å². The van der Waals surface area contributed by atoms with Gasteiger partial charge in [0.2, 0.25) is 0 Å². The number of aromatic amines is 1. The van der Waals surface area contributed by atoms with Crippen LogP contribution in [0.3, 0.4) is 0 Å². The molecule has 5 rings (SSSR count). The SMILES string of the molecule is Cl.N#CCc1ccc(C2CN(c3cnccn3)CCN2C(c2ccccc2)c2cn[nH]c2)cc1. The molecule has 3 heterocycles. The number of H-pyrrole nitrogens is 1. The van der Waals surface area contributed by atoms with Gasteiger partial charge in [0.15, 0.2) is 0 Å². The van der Waals surface area contributed by atoms with E-state index in [9.17, 15) is 0 Å². The zero-order valence-corrected chi connectivity index (χ0v) is 19.5. The van der Waals surface area contributed by atoms with Gasteiger partial charge in [-0.25, -0.2) is 4.98 Å². The molecule has 34 heavy (non-hydrogen) atoms. The molecule has 8 heteroatoms. The van der Waals surface area contributed by atoms with Crippen LogP contribution in [0.15, 0.2) is 85.6 Å². The highest BCUT2D eigenvalue weighted by molar-refractivity contribution is 5.85. The highest BCUT2D eigenvalue weighted by Gasteiger charge is 2.35. The van der Waals surface area contributed by atoms with E-state index in [1.807, 2.05) is 24.7 Å². The number of halogens is 1. The summed E-state index contributed by atoms with van der Waals surface area (Å²) in [6, 6.07) is 21.4. The molecule has 0 saturated carbocycles. The van der Waals surface area contributed by atoms with E-state index in [1.165, 1.54) is 11.1 Å². The summed E-state index contributed by atoms with van der Waals surface area (Å²) in [5, 5.41) is 16.3. The lowest BCUT2D eigenvalue weighted by atomic mass is 9.93. The first kappa shape index (κ1) is 23.4. The van der Waals surface area contributed by atoms with Gasteiger partial charge in [0, 0.05) is 43.8 Å². The zero-order chi connectivity index (χ0) is 22.5. The molecule has 172 valence electrons. The van der Waals surface area contributed by atoms with Crippen LogP contribution in [0.2, 0.25) is 0 Å². The molecule has 2 atom stereocenters. The van der Waals surface area contributed by atoms with Crippen LogP contribution in [-0.4, -0.2) is 44.7 Å². The summed E-state index contributed by atoms with van der Waals surface area (Å²) < 4.78 is 0. The van der Waals surface area contributed by atoms with Crippen LogP contribution in [0.4, 0.5) is 5.82 Å². The minimum absolute atomic E-state index is 0. The van der Waals surface area contributed by atoms with Gasteiger partial charge in [0.05, 0.1) is 37.0 Å². The third-order valence-electron chi connectivity index (χ3n) is 6.23.